The zero-order valence-corrected chi connectivity index (χ0v) is 26.7. The number of amides is 1. The van der Waals surface area contributed by atoms with Crippen LogP contribution in [0.5, 0.6) is 5.75 Å². The molecule has 5 unspecified atom stereocenters. The Morgan fingerprint density at radius 1 is 1.20 bits per heavy atom. The fourth-order valence-electron chi connectivity index (χ4n) is 5.43. The van der Waals surface area contributed by atoms with Gasteiger partial charge in [0.05, 0.1) is 18.7 Å². The predicted octanol–water partition coefficient (Wildman–Crippen LogP) is 3.46. The predicted molar refractivity (Wildman–Crippen MR) is 162 cm³/mol. The number of hydrogen-bond donors (Lipinski definition) is 1. The molecule has 5 heterocycles. The highest BCUT2D eigenvalue weighted by Crippen LogP contribution is 2.42. The van der Waals surface area contributed by atoms with Crippen LogP contribution in [0.2, 0.25) is 0 Å². The molecule has 1 amide bonds. The van der Waals surface area contributed by atoms with E-state index < -0.39 is 60.0 Å². The van der Waals surface area contributed by atoms with E-state index in [0.29, 0.717) is 41.0 Å². The lowest BCUT2D eigenvalue weighted by Crippen LogP contribution is -2.63. The third-order valence-electron chi connectivity index (χ3n) is 7.37. The van der Waals surface area contributed by atoms with Crippen molar-refractivity contribution < 1.29 is 42.5 Å². The van der Waals surface area contributed by atoms with Gasteiger partial charge in [0.15, 0.2) is 17.7 Å². The fraction of sp³-hybridized carbons (Fsp3) is 0.667. The molecule has 0 aliphatic carbocycles. The summed E-state index contributed by atoms with van der Waals surface area (Å²) in [5.74, 6) is -0.831. The lowest BCUT2D eigenvalue weighted by Gasteiger charge is -2.47. The number of nitrogens with one attached hydrogen (secondary N) is 1. The molecule has 1 N–H and O–H groups in total. The number of carbonyl (C=O) groups is 1. The lowest BCUT2D eigenvalue weighted by molar-refractivity contribution is -0.370. The van der Waals surface area contributed by atoms with Gasteiger partial charge in [-0.25, -0.2) is 4.79 Å². The molecule has 242 valence electrons. The Morgan fingerprint density at radius 2 is 1.95 bits per heavy atom. The summed E-state index contributed by atoms with van der Waals surface area (Å²) in [6, 6.07) is 1.69. The quantitative estimate of drug-likeness (QED) is 0.216. The summed E-state index contributed by atoms with van der Waals surface area (Å²) in [4.78, 5) is 35.8. The number of ether oxygens (including phenoxy) is 6. The number of oxime groups is 1. The average Bonchev–Trinajstić information content (AvgIpc) is 3.59. The van der Waals surface area contributed by atoms with Crippen molar-refractivity contribution in [3.8, 4) is 5.75 Å². The molecule has 1 aromatic rings. The second-order valence-electron chi connectivity index (χ2n) is 11.9. The second kappa shape index (κ2) is 13.3. The highest BCUT2D eigenvalue weighted by molar-refractivity contribution is 8.16. The first-order valence-electron chi connectivity index (χ1n) is 14.8. The minimum atomic E-state index is -0.867. The van der Waals surface area contributed by atoms with Crippen LogP contribution >= 0.6 is 11.8 Å². The van der Waals surface area contributed by atoms with E-state index in [4.69, 9.17) is 37.7 Å². The molecule has 0 saturated carbocycles. The molecular weight excluding hydrogens is 594 g/mol. The SMILES string of the molecule is C=CCOc1cc(C(CCC)NC(=O)C2CSC(/C(C)=N/O[C@H]3OC4COC(C)(C)O[C@H]4C4OC(C)(C)OC43)=N2)oc(=O)c1. The topological polar surface area (TPSA) is 149 Å². The van der Waals surface area contributed by atoms with Crippen LogP contribution in [-0.2, 0) is 33.3 Å². The Hall–Kier alpha value is -2.75. The molecule has 3 saturated heterocycles. The normalized spacial score (nSPS) is 31.3. The molecule has 13 nitrogen and oxygen atoms in total. The average molecular weight is 636 g/mol. The third-order valence-corrected chi connectivity index (χ3v) is 8.53. The molecule has 44 heavy (non-hydrogen) atoms. The number of rotatable bonds is 11. The zero-order valence-electron chi connectivity index (χ0n) is 25.9. The van der Waals surface area contributed by atoms with Crippen molar-refractivity contribution >= 4 is 28.4 Å². The van der Waals surface area contributed by atoms with Crippen LogP contribution in [0.25, 0.3) is 0 Å². The van der Waals surface area contributed by atoms with Crippen LogP contribution in [-0.4, -0.2) is 84.0 Å². The summed E-state index contributed by atoms with van der Waals surface area (Å²) >= 11 is 1.40. The van der Waals surface area contributed by atoms with E-state index in [1.807, 2.05) is 34.6 Å². The van der Waals surface area contributed by atoms with Crippen molar-refractivity contribution in [2.75, 3.05) is 19.0 Å². The van der Waals surface area contributed by atoms with E-state index in [2.05, 4.69) is 22.0 Å². The molecule has 4 aliphatic heterocycles. The molecule has 7 atom stereocenters. The van der Waals surface area contributed by atoms with Crippen molar-refractivity contribution in [3.05, 3.63) is 41.0 Å². The molecule has 14 heteroatoms. The monoisotopic (exact) mass is 635 g/mol. The van der Waals surface area contributed by atoms with Gasteiger partial charge in [0.2, 0.25) is 5.91 Å². The van der Waals surface area contributed by atoms with Crippen LogP contribution < -0.4 is 15.7 Å². The molecule has 0 aromatic carbocycles. The number of hydrogen-bond acceptors (Lipinski definition) is 13. The van der Waals surface area contributed by atoms with E-state index in [1.165, 1.54) is 17.8 Å². The number of fused-ring (bicyclic) bond motifs is 3. The molecule has 1 aromatic heterocycles. The highest BCUT2D eigenvalue weighted by atomic mass is 32.2. The van der Waals surface area contributed by atoms with Crippen LogP contribution in [0.3, 0.4) is 0 Å². The minimum Gasteiger partial charge on any atom is -0.489 e. The summed E-state index contributed by atoms with van der Waals surface area (Å²) in [6.45, 7) is 15.3. The number of carbonyl (C=O) groups excluding carboxylic acids is 1. The van der Waals surface area contributed by atoms with Gasteiger partial charge in [-0.1, -0.05) is 31.2 Å². The summed E-state index contributed by atoms with van der Waals surface area (Å²) < 4.78 is 41.3. The van der Waals surface area contributed by atoms with Gasteiger partial charge in [0, 0.05) is 11.8 Å². The summed E-state index contributed by atoms with van der Waals surface area (Å²) in [5, 5.41) is 7.86. The van der Waals surface area contributed by atoms with Crippen molar-refractivity contribution in [2.45, 2.75) is 109 Å². The van der Waals surface area contributed by atoms with Crippen LogP contribution in [0.4, 0.5) is 0 Å². The number of thioether (sulfide) groups is 1. The van der Waals surface area contributed by atoms with Crippen molar-refractivity contribution in [1.82, 2.24) is 5.32 Å². The van der Waals surface area contributed by atoms with E-state index in [9.17, 15) is 9.59 Å². The van der Waals surface area contributed by atoms with Gasteiger partial charge >= 0.3 is 5.63 Å². The van der Waals surface area contributed by atoms with Crippen molar-refractivity contribution in [3.63, 3.8) is 0 Å². The van der Waals surface area contributed by atoms with Gasteiger partial charge in [0.1, 0.15) is 53.2 Å². The van der Waals surface area contributed by atoms with Crippen LogP contribution in [0, 0.1) is 0 Å². The molecular formula is C30H41N3O10S. The molecule has 0 spiro atoms. The maximum absolute atomic E-state index is 13.2. The third kappa shape index (κ3) is 7.54. The summed E-state index contributed by atoms with van der Waals surface area (Å²) in [7, 11) is 0. The molecule has 4 aliphatic rings. The van der Waals surface area contributed by atoms with Crippen LogP contribution in [0.15, 0.2) is 44.1 Å². The smallest absolute Gasteiger partial charge is 0.339 e. The van der Waals surface area contributed by atoms with E-state index in [-0.39, 0.29) is 12.5 Å². The zero-order chi connectivity index (χ0) is 31.6. The van der Waals surface area contributed by atoms with Crippen molar-refractivity contribution in [1.29, 1.82) is 0 Å². The van der Waals surface area contributed by atoms with Crippen LogP contribution in [0.1, 0.15) is 66.2 Å². The number of nitrogens with zero attached hydrogens (tertiary/aromatic N) is 2. The van der Waals surface area contributed by atoms with Gasteiger partial charge in [-0.05, 0) is 41.0 Å². The molecule has 0 radical (unpaired) electrons. The maximum atomic E-state index is 13.2. The van der Waals surface area contributed by atoms with E-state index >= 15 is 0 Å². The Kier molecular flexibility index (Phi) is 9.87. The molecule has 0 bridgehead atoms. The standard InChI is InChI=1S/C30H41N3O10S/c1-8-10-18(20-12-17(36-11-9-2)13-22(34)38-20)31-26(35)19-15-44-27(32-19)16(3)33-43-28-25-24(41-30(6,7)42-25)23-21(39-28)14-37-29(4,5)40-23/h9,12-13,18-19,21,23-25,28H,2,8,10-11,14-15H2,1,3-7H3,(H,31,35)/b33-16+/t18?,19?,21?,23-,24?,25?,28-/m1/s1. The lowest BCUT2D eigenvalue weighted by atomic mass is 9.97. The maximum Gasteiger partial charge on any atom is 0.339 e. The molecule has 3 fully saturated rings. The largest absolute Gasteiger partial charge is 0.489 e. The van der Waals surface area contributed by atoms with Gasteiger partial charge in [0.25, 0.3) is 6.29 Å². The number of aliphatic imine (C=N–C) groups is 1. The molecule has 5 rings (SSSR count). The van der Waals surface area contributed by atoms with Crippen molar-refractivity contribution in [2.24, 2.45) is 10.1 Å². The Morgan fingerprint density at radius 3 is 2.70 bits per heavy atom. The minimum absolute atomic E-state index is 0.240. The van der Waals surface area contributed by atoms with Gasteiger partial charge in [-0.3, -0.25) is 9.79 Å². The summed E-state index contributed by atoms with van der Waals surface area (Å²) in [6.07, 6.45) is 0.186. The Labute approximate surface area is 260 Å². The van der Waals surface area contributed by atoms with E-state index in [1.54, 1.807) is 19.1 Å². The summed E-state index contributed by atoms with van der Waals surface area (Å²) in [5.41, 5.74) is -0.0685. The first-order chi connectivity index (χ1) is 20.9. The van der Waals surface area contributed by atoms with Gasteiger partial charge in [-0.15, -0.1) is 11.8 Å². The first kappa shape index (κ1) is 32.6. The Bertz CT molecular complexity index is 1340. The first-order valence-corrected chi connectivity index (χ1v) is 15.8. The Balaban J connectivity index is 1.24. The fourth-order valence-corrected chi connectivity index (χ4v) is 6.42. The second-order valence-corrected chi connectivity index (χ2v) is 12.9. The van der Waals surface area contributed by atoms with Gasteiger partial charge in [-0.2, -0.15) is 0 Å². The highest BCUT2D eigenvalue weighted by Gasteiger charge is 2.59. The van der Waals surface area contributed by atoms with Gasteiger partial charge < -0.3 is 43.0 Å². The van der Waals surface area contributed by atoms with E-state index in [0.717, 1.165) is 6.42 Å².